The second kappa shape index (κ2) is 11.2. The van der Waals surface area contributed by atoms with Gasteiger partial charge in [0.05, 0.1) is 24.8 Å². The number of nitrogens with two attached hydrogens (primary N) is 1. The van der Waals surface area contributed by atoms with Gasteiger partial charge >= 0.3 is 6.18 Å². The molecule has 0 aliphatic carbocycles. The van der Waals surface area contributed by atoms with Crippen molar-refractivity contribution < 1.29 is 32.2 Å². The van der Waals surface area contributed by atoms with Crippen molar-refractivity contribution in [1.82, 2.24) is 5.32 Å². The molecule has 1 unspecified atom stereocenters. The Balaban J connectivity index is 1.61. The van der Waals surface area contributed by atoms with Crippen LogP contribution in [-0.4, -0.2) is 37.0 Å². The van der Waals surface area contributed by atoms with E-state index in [2.05, 4.69) is 10.6 Å². The van der Waals surface area contributed by atoms with Gasteiger partial charge in [0.15, 0.2) is 0 Å². The summed E-state index contributed by atoms with van der Waals surface area (Å²) >= 11 is 0. The second-order valence-electron chi connectivity index (χ2n) is 8.19. The van der Waals surface area contributed by atoms with Crippen LogP contribution < -0.4 is 21.1 Å². The first-order valence-corrected chi connectivity index (χ1v) is 11.0. The Morgan fingerprint density at radius 3 is 2.40 bits per heavy atom. The second-order valence-corrected chi connectivity index (χ2v) is 8.19. The smallest absolute Gasteiger partial charge is 0.419 e. The zero-order valence-electron chi connectivity index (χ0n) is 19.1. The fraction of sp³-hybridized carbons (Fsp3) is 0.375. The van der Waals surface area contributed by atoms with Crippen LogP contribution in [0.15, 0.2) is 42.5 Å². The van der Waals surface area contributed by atoms with Crippen LogP contribution in [0.4, 0.5) is 18.9 Å². The van der Waals surface area contributed by atoms with E-state index in [1.54, 1.807) is 12.1 Å². The molecule has 1 fully saturated rings. The minimum absolute atomic E-state index is 0.117. The molecule has 2 amide bonds. The van der Waals surface area contributed by atoms with Gasteiger partial charge in [0, 0.05) is 24.1 Å². The molecule has 5 N–H and O–H groups in total. The number of amides is 2. The fourth-order valence-electron chi connectivity index (χ4n) is 3.57. The number of halogens is 3. The Labute approximate surface area is 200 Å². The number of nitrogen functional groups attached to an aromatic ring is 1. The molecule has 0 aromatic heterocycles. The molecule has 1 heterocycles. The third kappa shape index (κ3) is 7.44. The van der Waals surface area contributed by atoms with Crippen molar-refractivity contribution in [3.63, 3.8) is 0 Å². The Kier molecular flexibility index (Phi) is 8.34. The largest absolute Gasteiger partial charge is 0.490 e. The number of rotatable bonds is 8. The van der Waals surface area contributed by atoms with E-state index in [4.69, 9.17) is 20.6 Å². The monoisotopic (exact) mass is 492 g/mol. The van der Waals surface area contributed by atoms with E-state index in [-0.39, 0.29) is 23.3 Å². The van der Waals surface area contributed by atoms with Crippen LogP contribution in [0, 0.1) is 5.41 Å². The van der Waals surface area contributed by atoms with Crippen molar-refractivity contribution in [3.05, 3.63) is 59.2 Å². The molecule has 0 saturated carbocycles. The van der Waals surface area contributed by atoms with Gasteiger partial charge in [0.25, 0.3) is 0 Å². The molecule has 8 nitrogen and oxygen atoms in total. The van der Waals surface area contributed by atoms with Crippen LogP contribution in [0.1, 0.15) is 48.9 Å². The van der Waals surface area contributed by atoms with Crippen LogP contribution in [0.2, 0.25) is 0 Å². The molecule has 35 heavy (non-hydrogen) atoms. The number of carbonyl (C=O) groups excluding carboxylic acids is 2. The normalized spacial score (nSPS) is 15.2. The summed E-state index contributed by atoms with van der Waals surface area (Å²) in [7, 11) is 0. The number of alkyl halides is 3. The van der Waals surface area contributed by atoms with E-state index >= 15 is 0 Å². The minimum atomic E-state index is -4.64. The molecule has 1 aliphatic rings. The van der Waals surface area contributed by atoms with Crippen molar-refractivity contribution in [2.24, 2.45) is 5.73 Å². The standard InChI is InChI=1S/C24H27F3N4O4/c1-14(30-21(32)13-22(33)31-17-5-2-15(3-6-17)23(28)29)16-4-7-20(19(12-16)24(25,26)27)35-18-8-10-34-11-9-18/h2-7,12,14,18H,8-11,13H2,1H3,(H3,28,29)(H,30,32)(H,31,33). The van der Waals surface area contributed by atoms with E-state index in [9.17, 15) is 22.8 Å². The SMILES string of the molecule is CC(NC(=O)CC(=O)Nc1ccc(C(=N)N)cc1)c1ccc(OC2CCOCC2)c(C(F)(F)F)c1. The average Bonchev–Trinajstić information content (AvgIpc) is 2.79. The molecule has 2 aromatic carbocycles. The van der Waals surface area contributed by atoms with E-state index < -0.39 is 36.0 Å². The van der Waals surface area contributed by atoms with Crippen molar-refractivity contribution in [2.45, 2.75) is 44.5 Å². The molecule has 0 bridgehead atoms. The fourth-order valence-corrected chi connectivity index (χ4v) is 3.57. The summed E-state index contributed by atoms with van der Waals surface area (Å²) in [5.74, 6) is -1.62. The quantitative estimate of drug-likeness (QED) is 0.254. The molecular formula is C24H27F3N4O4. The maximum absolute atomic E-state index is 13.7. The third-order valence-corrected chi connectivity index (χ3v) is 5.45. The Morgan fingerprint density at radius 1 is 1.14 bits per heavy atom. The molecule has 0 radical (unpaired) electrons. The first-order chi connectivity index (χ1) is 16.5. The van der Waals surface area contributed by atoms with Gasteiger partial charge in [0.2, 0.25) is 11.8 Å². The Bertz CT molecular complexity index is 1070. The number of ether oxygens (including phenoxy) is 2. The van der Waals surface area contributed by atoms with Crippen LogP contribution in [-0.2, 0) is 20.5 Å². The number of anilines is 1. The first-order valence-electron chi connectivity index (χ1n) is 11.0. The number of benzene rings is 2. The molecule has 0 spiro atoms. The van der Waals surface area contributed by atoms with Crippen molar-refractivity contribution >= 4 is 23.3 Å². The average molecular weight is 492 g/mol. The number of nitrogens with one attached hydrogen (secondary N) is 3. The summed E-state index contributed by atoms with van der Waals surface area (Å²) in [4.78, 5) is 24.5. The lowest BCUT2D eigenvalue weighted by Gasteiger charge is -2.25. The molecule has 1 saturated heterocycles. The molecule has 188 valence electrons. The Hall–Kier alpha value is -3.60. The molecule has 11 heteroatoms. The summed E-state index contributed by atoms with van der Waals surface area (Å²) in [5, 5.41) is 12.4. The lowest BCUT2D eigenvalue weighted by Crippen LogP contribution is -2.30. The summed E-state index contributed by atoms with van der Waals surface area (Å²) < 4.78 is 51.9. The van der Waals surface area contributed by atoms with Crippen molar-refractivity contribution in [1.29, 1.82) is 5.41 Å². The maximum Gasteiger partial charge on any atom is 0.419 e. The van der Waals surface area contributed by atoms with E-state index in [0.29, 0.717) is 37.3 Å². The number of carbonyl (C=O) groups is 2. The molecule has 1 aliphatic heterocycles. The lowest BCUT2D eigenvalue weighted by molar-refractivity contribution is -0.139. The molecule has 1 atom stereocenters. The van der Waals surface area contributed by atoms with Gasteiger partial charge in [-0.15, -0.1) is 0 Å². The van der Waals surface area contributed by atoms with Crippen LogP contribution in [0.5, 0.6) is 5.75 Å². The molecule has 3 rings (SSSR count). The number of hydrogen-bond donors (Lipinski definition) is 4. The van der Waals surface area contributed by atoms with E-state index in [1.165, 1.54) is 31.2 Å². The third-order valence-electron chi connectivity index (χ3n) is 5.45. The summed E-state index contributed by atoms with van der Waals surface area (Å²) in [6.45, 7) is 2.40. The van der Waals surface area contributed by atoms with Gasteiger partial charge in [-0.1, -0.05) is 6.07 Å². The topological polar surface area (TPSA) is 127 Å². The first kappa shape index (κ1) is 26.0. The van der Waals surface area contributed by atoms with Crippen LogP contribution in [0.25, 0.3) is 0 Å². The van der Waals surface area contributed by atoms with Gasteiger partial charge in [-0.05, 0) is 48.9 Å². The summed E-state index contributed by atoms with van der Waals surface area (Å²) in [5.41, 5.74) is 5.58. The highest BCUT2D eigenvalue weighted by molar-refractivity contribution is 6.04. The predicted molar refractivity (Wildman–Crippen MR) is 123 cm³/mol. The van der Waals surface area contributed by atoms with Crippen molar-refractivity contribution in [2.75, 3.05) is 18.5 Å². The van der Waals surface area contributed by atoms with Gasteiger partial charge < -0.3 is 25.8 Å². The Morgan fingerprint density at radius 2 is 1.80 bits per heavy atom. The zero-order chi connectivity index (χ0) is 25.6. The summed E-state index contributed by atoms with van der Waals surface area (Å²) in [6.07, 6.45) is -4.50. The minimum Gasteiger partial charge on any atom is -0.490 e. The predicted octanol–water partition coefficient (Wildman–Crippen LogP) is 3.75. The maximum atomic E-state index is 13.7. The highest BCUT2D eigenvalue weighted by Crippen LogP contribution is 2.38. The van der Waals surface area contributed by atoms with E-state index in [1.807, 2.05) is 0 Å². The number of hydrogen-bond acceptors (Lipinski definition) is 5. The molecular weight excluding hydrogens is 465 g/mol. The highest BCUT2D eigenvalue weighted by atomic mass is 19.4. The van der Waals surface area contributed by atoms with Gasteiger partial charge in [0.1, 0.15) is 24.1 Å². The lowest BCUT2D eigenvalue weighted by atomic mass is 10.0. The zero-order valence-corrected chi connectivity index (χ0v) is 19.1. The van der Waals surface area contributed by atoms with Gasteiger partial charge in [-0.2, -0.15) is 13.2 Å². The van der Waals surface area contributed by atoms with Crippen molar-refractivity contribution in [3.8, 4) is 5.75 Å². The number of amidine groups is 1. The van der Waals surface area contributed by atoms with Gasteiger partial charge in [-0.25, -0.2) is 0 Å². The van der Waals surface area contributed by atoms with Crippen LogP contribution >= 0.6 is 0 Å². The van der Waals surface area contributed by atoms with E-state index in [0.717, 1.165) is 6.07 Å². The van der Waals surface area contributed by atoms with Crippen LogP contribution in [0.3, 0.4) is 0 Å². The van der Waals surface area contributed by atoms with Gasteiger partial charge in [-0.3, -0.25) is 15.0 Å². The molecule has 2 aromatic rings. The highest BCUT2D eigenvalue weighted by Gasteiger charge is 2.36. The summed E-state index contributed by atoms with van der Waals surface area (Å²) in [6, 6.07) is 9.08.